The molecule has 0 saturated heterocycles. The molecule has 2 rings (SSSR count). The van der Waals surface area contributed by atoms with E-state index in [0.29, 0.717) is 5.75 Å². The maximum absolute atomic E-state index is 11.6. The van der Waals surface area contributed by atoms with Crippen molar-refractivity contribution >= 4 is 10.8 Å². The molecule has 2 nitrogen and oxygen atoms in total. The second-order valence-corrected chi connectivity index (χ2v) is 6.90. The number of rotatable bonds is 8. The fourth-order valence-electron chi connectivity index (χ4n) is 2.33. The summed E-state index contributed by atoms with van der Waals surface area (Å²) in [6.45, 7) is 2.75. The molecule has 0 fully saturated rings. The Morgan fingerprint density at radius 3 is 2.24 bits per heavy atom. The molecule has 0 bridgehead atoms. The molecule has 0 amide bonds. The first-order valence-corrected chi connectivity index (χ1v) is 8.95. The highest BCUT2D eigenvalue weighted by atomic mass is 32.2. The van der Waals surface area contributed by atoms with E-state index in [-0.39, 0.29) is 6.04 Å². The van der Waals surface area contributed by atoms with Crippen LogP contribution in [0, 0.1) is 0 Å². The summed E-state index contributed by atoms with van der Waals surface area (Å²) >= 11 is 0. The maximum atomic E-state index is 11.6. The molecule has 0 aliphatic carbocycles. The van der Waals surface area contributed by atoms with Crippen molar-refractivity contribution in [1.29, 1.82) is 0 Å². The Kier molecular flexibility index (Phi) is 6.64. The van der Waals surface area contributed by atoms with Crippen molar-refractivity contribution in [2.24, 2.45) is 0 Å². The van der Waals surface area contributed by atoms with Gasteiger partial charge in [-0.15, -0.1) is 0 Å². The van der Waals surface area contributed by atoms with Crippen molar-refractivity contribution in [2.75, 3.05) is 18.1 Å². The van der Waals surface area contributed by atoms with Gasteiger partial charge in [-0.2, -0.15) is 0 Å². The van der Waals surface area contributed by atoms with Gasteiger partial charge in [0.25, 0.3) is 0 Å². The van der Waals surface area contributed by atoms with Crippen LogP contribution in [0.1, 0.15) is 24.1 Å². The Bertz CT molecular complexity index is 542. The fourth-order valence-corrected chi connectivity index (χ4v) is 2.97. The van der Waals surface area contributed by atoms with E-state index in [0.717, 1.165) is 18.7 Å². The molecule has 21 heavy (non-hydrogen) atoms. The highest BCUT2D eigenvalue weighted by molar-refractivity contribution is 7.84. The van der Waals surface area contributed by atoms with Crippen LogP contribution >= 0.6 is 0 Å². The van der Waals surface area contributed by atoms with Gasteiger partial charge in [0.15, 0.2) is 0 Å². The van der Waals surface area contributed by atoms with Crippen molar-refractivity contribution in [2.45, 2.75) is 19.4 Å². The van der Waals surface area contributed by atoms with Crippen LogP contribution in [0.15, 0.2) is 60.7 Å². The highest BCUT2D eigenvalue weighted by Gasteiger charge is 2.11. The normalized spacial score (nSPS) is 13.8. The molecule has 2 aromatic carbocycles. The van der Waals surface area contributed by atoms with Gasteiger partial charge in [-0.25, -0.2) is 0 Å². The molecule has 2 unspecified atom stereocenters. The molecule has 2 aromatic rings. The van der Waals surface area contributed by atoms with Crippen molar-refractivity contribution < 1.29 is 4.21 Å². The van der Waals surface area contributed by atoms with Crippen LogP contribution in [-0.4, -0.2) is 22.3 Å². The van der Waals surface area contributed by atoms with E-state index < -0.39 is 10.8 Å². The third kappa shape index (κ3) is 5.44. The van der Waals surface area contributed by atoms with E-state index >= 15 is 0 Å². The summed E-state index contributed by atoms with van der Waals surface area (Å²) in [5, 5.41) is 3.56. The van der Waals surface area contributed by atoms with Gasteiger partial charge in [-0.3, -0.25) is 4.21 Å². The predicted octanol–water partition coefficient (Wildman–Crippen LogP) is 3.33. The zero-order valence-electron chi connectivity index (χ0n) is 12.5. The Morgan fingerprint density at radius 1 is 1.00 bits per heavy atom. The molecule has 0 spiro atoms. The van der Waals surface area contributed by atoms with Crippen molar-refractivity contribution in [3.8, 4) is 0 Å². The number of nitrogens with one attached hydrogen (secondary N) is 1. The van der Waals surface area contributed by atoms with Crippen LogP contribution in [0.2, 0.25) is 0 Å². The van der Waals surface area contributed by atoms with Crippen LogP contribution in [0.4, 0.5) is 0 Å². The molecule has 0 heterocycles. The molecular formula is C18H23NOS. The summed E-state index contributed by atoms with van der Waals surface area (Å²) in [5.74, 6) is 1.45. The first-order chi connectivity index (χ1) is 10.3. The van der Waals surface area contributed by atoms with Crippen LogP contribution in [0.25, 0.3) is 0 Å². The highest BCUT2D eigenvalue weighted by Crippen LogP contribution is 2.18. The number of hydrogen-bond donors (Lipinski definition) is 1. The van der Waals surface area contributed by atoms with Crippen LogP contribution < -0.4 is 5.32 Å². The van der Waals surface area contributed by atoms with Crippen LogP contribution in [0.5, 0.6) is 0 Å². The average molecular weight is 301 g/mol. The molecule has 1 N–H and O–H groups in total. The van der Waals surface area contributed by atoms with Gasteiger partial charge in [-0.1, -0.05) is 67.6 Å². The van der Waals surface area contributed by atoms with Gasteiger partial charge in [0, 0.05) is 34.9 Å². The number of hydrogen-bond acceptors (Lipinski definition) is 2. The zero-order valence-corrected chi connectivity index (χ0v) is 13.3. The minimum atomic E-state index is -0.709. The quantitative estimate of drug-likeness (QED) is 0.810. The van der Waals surface area contributed by atoms with E-state index in [4.69, 9.17) is 0 Å². The van der Waals surface area contributed by atoms with Crippen LogP contribution in [-0.2, 0) is 17.2 Å². The lowest BCUT2D eigenvalue weighted by atomic mass is 9.99. The SMILES string of the molecule is CCS(=O)CCNC(Cc1ccccc1)c1ccccc1. The lowest BCUT2D eigenvalue weighted by molar-refractivity contribution is 0.550. The van der Waals surface area contributed by atoms with Crippen molar-refractivity contribution in [1.82, 2.24) is 5.32 Å². The molecule has 2 atom stereocenters. The Labute approximate surface area is 130 Å². The fraction of sp³-hybridized carbons (Fsp3) is 0.333. The van der Waals surface area contributed by atoms with E-state index in [1.807, 2.05) is 19.1 Å². The molecule has 3 heteroatoms. The van der Waals surface area contributed by atoms with Crippen LogP contribution in [0.3, 0.4) is 0 Å². The minimum Gasteiger partial charge on any atom is -0.309 e. The molecule has 112 valence electrons. The summed E-state index contributed by atoms with van der Waals surface area (Å²) in [6.07, 6.45) is 0.948. The van der Waals surface area contributed by atoms with Crippen molar-refractivity contribution in [3.63, 3.8) is 0 Å². The molecule has 0 aromatic heterocycles. The average Bonchev–Trinajstić information content (AvgIpc) is 2.55. The second kappa shape index (κ2) is 8.75. The molecular weight excluding hydrogens is 278 g/mol. The molecule has 0 aliphatic heterocycles. The molecule has 0 aliphatic rings. The van der Waals surface area contributed by atoms with Crippen molar-refractivity contribution in [3.05, 3.63) is 71.8 Å². The second-order valence-electron chi connectivity index (χ2n) is 5.04. The standard InChI is InChI=1S/C18H23NOS/c1-2-21(20)14-13-19-18(17-11-7-4-8-12-17)15-16-9-5-3-6-10-16/h3-12,18-19H,2,13-15H2,1H3. The molecule has 0 radical (unpaired) electrons. The lowest BCUT2D eigenvalue weighted by Crippen LogP contribution is -2.27. The topological polar surface area (TPSA) is 29.1 Å². The maximum Gasteiger partial charge on any atom is 0.0361 e. The third-order valence-electron chi connectivity index (χ3n) is 3.53. The Balaban J connectivity index is 2.02. The Morgan fingerprint density at radius 2 is 1.62 bits per heavy atom. The van der Waals surface area contributed by atoms with E-state index in [1.54, 1.807) is 0 Å². The van der Waals surface area contributed by atoms with E-state index in [9.17, 15) is 4.21 Å². The van der Waals surface area contributed by atoms with Gasteiger partial charge in [0.1, 0.15) is 0 Å². The van der Waals surface area contributed by atoms with E-state index in [1.165, 1.54) is 11.1 Å². The summed E-state index contributed by atoms with van der Waals surface area (Å²) in [6, 6.07) is 21.2. The third-order valence-corrected chi connectivity index (χ3v) is 4.83. The summed E-state index contributed by atoms with van der Waals surface area (Å²) in [4.78, 5) is 0. The predicted molar refractivity (Wildman–Crippen MR) is 90.9 cm³/mol. The smallest absolute Gasteiger partial charge is 0.0361 e. The zero-order chi connectivity index (χ0) is 14.9. The minimum absolute atomic E-state index is 0.266. The first kappa shape index (κ1) is 15.9. The van der Waals surface area contributed by atoms with Gasteiger partial charge < -0.3 is 5.32 Å². The van der Waals surface area contributed by atoms with Gasteiger partial charge in [0.2, 0.25) is 0 Å². The largest absolute Gasteiger partial charge is 0.309 e. The van der Waals surface area contributed by atoms with E-state index in [2.05, 4.69) is 53.8 Å². The monoisotopic (exact) mass is 301 g/mol. The lowest BCUT2D eigenvalue weighted by Gasteiger charge is -2.19. The van der Waals surface area contributed by atoms with Gasteiger partial charge in [0.05, 0.1) is 0 Å². The first-order valence-electron chi connectivity index (χ1n) is 7.47. The van der Waals surface area contributed by atoms with Gasteiger partial charge >= 0.3 is 0 Å². The number of benzene rings is 2. The Hall–Kier alpha value is -1.45. The summed E-state index contributed by atoms with van der Waals surface area (Å²) in [7, 11) is -0.709. The summed E-state index contributed by atoms with van der Waals surface area (Å²) < 4.78 is 11.6. The molecule has 0 saturated carbocycles. The summed E-state index contributed by atoms with van der Waals surface area (Å²) in [5.41, 5.74) is 2.60. The van der Waals surface area contributed by atoms with Gasteiger partial charge in [-0.05, 0) is 17.5 Å².